The van der Waals surface area contributed by atoms with Crippen LogP contribution in [0.15, 0.2) is 6.33 Å². The summed E-state index contributed by atoms with van der Waals surface area (Å²) < 4.78 is 6.98. The molecule has 0 aliphatic carbocycles. The van der Waals surface area contributed by atoms with Gasteiger partial charge < -0.3 is 10.1 Å². The van der Waals surface area contributed by atoms with Crippen LogP contribution >= 0.6 is 0 Å². The molecule has 0 saturated carbocycles. The molecule has 1 aromatic rings. The van der Waals surface area contributed by atoms with E-state index in [1.54, 1.807) is 11.0 Å². The first-order chi connectivity index (χ1) is 7.18. The molecule has 0 radical (unpaired) electrons. The molecule has 0 amide bonds. The van der Waals surface area contributed by atoms with Gasteiger partial charge in [-0.15, -0.1) is 5.10 Å². The van der Waals surface area contributed by atoms with Crippen molar-refractivity contribution in [2.45, 2.75) is 20.3 Å². The topological polar surface area (TPSA) is 52.0 Å². The van der Waals surface area contributed by atoms with Gasteiger partial charge in [-0.25, -0.2) is 0 Å². The molecule has 86 valence electrons. The molecule has 0 aliphatic heterocycles. The average Bonchev–Trinajstić information content (AvgIpc) is 2.57. The lowest BCUT2D eigenvalue weighted by Crippen LogP contribution is -2.22. The molecule has 1 aromatic heterocycles. The highest BCUT2D eigenvalue weighted by atomic mass is 16.5. The Morgan fingerprint density at radius 3 is 2.93 bits per heavy atom. The van der Waals surface area contributed by atoms with E-state index in [2.05, 4.69) is 29.2 Å². The molecular weight excluding hydrogens is 192 g/mol. The van der Waals surface area contributed by atoms with Crippen LogP contribution in [0.25, 0.3) is 0 Å². The fraction of sp³-hybridized carbons (Fsp3) is 0.800. The zero-order chi connectivity index (χ0) is 11.1. The van der Waals surface area contributed by atoms with Crippen molar-refractivity contribution in [3.05, 3.63) is 6.33 Å². The molecule has 0 unspecified atom stereocenters. The molecule has 1 N–H and O–H groups in total. The SMILES string of the molecule is CC(C)CNCCCOc1ncn(C)n1. The van der Waals surface area contributed by atoms with Crippen molar-refractivity contribution >= 4 is 0 Å². The summed E-state index contributed by atoms with van der Waals surface area (Å²) in [5.74, 6) is 0.698. The van der Waals surface area contributed by atoms with Crippen molar-refractivity contribution in [1.29, 1.82) is 0 Å². The Kier molecular flexibility index (Phi) is 5.10. The number of aromatic nitrogens is 3. The number of hydrogen-bond donors (Lipinski definition) is 1. The van der Waals surface area contributed by atoms with Gasteiger partial charge >= 0.3 is 6.01 Å². The lowest BCUT2D eigenvalue weighted by Gasteiger charge is -2.06. The lowest BCUT2D eigenvalue weighted by molar-refractivity contribution is 0.283. The van der Waals surface area contributed by atoms with E-state index in [-0.39, 0.29) is 0 Å². The van der Waals surface area contributed by atoms with Crippen molar-refractivity contribution in [3.8, 4) is 6.01 Å². The van der Waals surface area contributed by atoms with Crippen LogP contribution in [0.1, 0.15) is 20.3 Å². The Morgan fingerprint density at radius 1 is 1.53 bits per heavy atom. The summed E-state index contributed by atoms with van der Waals surface area (Å²) in [7, 11) is 1.82. The van der Waals surface area contributed by atoms with Crippen LogP contribution in [-0.2, 0) is 7.05 Å². The molecule has 0 aromatic carbocycles. The van der Waals surface area contributed by atoms with Crippen molar-refractivity contribution in [3.63, 3.8) is 0 Å². The predicted octanol–water partition coefficient (Wildman–Crippen LogP) is 0.830. The summed E-state index contributed by atoms with van der Waals surface area (Å²) in [6, 6.07) is 0.460. The van der Waals surface area contributed by atoms with E-state index in [0.29, 0.717) is 18.5 Å². The molecule has 15 heavy (non-hydrogen) atoms. The molecule has 0 atom stereocenters. The normalized spacial score (nSPS) is 10.9. The van der Waals surface area contributed by atoms with Crippen LogP contribution in [0.2, 0.25) is 0 Å². The number of rotatable bonds is 7. The van der Waals surface area contributed by atoms with Gasteiger partial charge in [0.1, 0.15) is 6.33 Å². The summed E-state index contributed by atoms with van der Waals surface area (Å²) in [6.45, 7) is 7.09. The molecule has 5 heteroatoms. The Hall–Kier alpha value is -1.10. The smallest absolute Gasteiger partial charge is 0.335 e. The third-order valence-electron chi connectivity index (χ3n) is 1.86. The number of aryl methyl sites for hydroxylation is 1. The van der Waals surface area contributed by atoms with Gasteiger partial charge in [0.25, 0.3) is 0 Å². The molecule has 0 saturated heterocycles. The third kappa shape index (κ3) is 5.37. The van der Waals surface area contributed by atoms with Crippen LogP contribution in [0, 0.1) is 5.92 Å². The molecule has 0 bridgehead atoms. The van der Waals surface area contributed by atoms with Gasteiger partial charge in [-0.1, -0.05) is 13.8 Å². The Balaban J connectivity index is 1.98. The van der Waals surface area contributed by atoms with Gasteiger partial charge in [0.2, 0.25) is 0 Å². The van der Waals surface area contributed by atoms with Gasteiger partial charge in [-0.3, -0.25) is 4.68 Å². The van der Waals surface area contributed by atoms with Crippen LogP contribution in [0.3, 0.4) is 0 Å². The van der Waals surface area contributed by atoms with Crippen molar-refractivity contribution < 1.29 is 4.74 Å². The van der Waals surface area contributed by atoms with E-state index in [0.717, 1.165) is 19.5 Å². The van der Waals surface area contributed by atoms with E-state index in [9.17, 15) is 0 Å². The zero-order valence-electron chi connectivity index (χ0n) is 9.73. The number of nitrogens with one attached hydrogen (secondary N) is 1. The number of hydrogen-bond acceptors (Lipinski definition) is 4. The largest absolute Gasteiger partial charge is 0.462 e. The third-order valence-corrected chi connectivity index (χ3v) is 1.86. The van der Waals surface area contributed by atoms with Crippen LogP contribution < -0.4 is 10.1 Å². The minimum Gasteiger partial charge on any atom is -0.462 e. The molecular formula is C10H20N4O. The van der Waals surface area contributed by atoms with Crippen LogP contribution in [0.5, 0.6) is 6.01 Å². The fourth-order valence-electron chi connectivity index (χ4n) is 1.14. The highest BCUT2D eigenvalue weighted by Crippen LogP contribution is 1.98. The van der Waals surface area contributed by atoms with Crippen LogP contribution in [-0.4, -0.2) is 34.5 Å². The Labute approximate surface area is 90.8 Å². The monoisotopic (exact) mass is 212 g/mol. The predicted molar refractivity (Wildman–Crippen MR) is 58.8 cm³/mol. The maximum absolute atomic E-state index is 5.35. The highest BCUT2D eigenvalue weighted by Gasteiger charge is 1.98. The molecule has 0 aliphatic rings. The van der Waals surface area contributed by atoms with Gasteiger partial charge in [0.15, 0.2) is 0 Å². The van der Waals surface area contributed by atoms with Crippen molar-refractivity contribution in [2.75, 3.05) is 19.7 Å². The minimum absolute atomic E-state index is 0.460. The number of ether oxygens (including phenoxy) is 1. The molecule has 5 nitrogen and oxygen atoms in total. The summed E-state index contributed by atoms with van der Waals surface area (Å²) in [5.41, 5.74) is 0. The van der Waals surface area contributed by atoms with Gasteiger partial charge in [-0.05, 0) is 25.4 Å². The average molecular weight is 212 g/mol. The summed E-state index contributed by atoms with van der Waals surface area (Å²) >= 11 is 0. The second kappa shape index (κ2) is 6.40. The summed E-state index contributed by atoms with van der Waals surface area (Å²) in [5, 5.41) is 7.37. The summed E-state index contributed by atoms with van der Waals surface area (Å²) in [4.78, 5) is 3.97. The van der Waals surface area contributed by atoms with Gasteiger partial charge in [0, 0.05) is 7.05 Å². The molecule has 1 heterocycles. The standard InChI is InChI=1S/C10H20N4O/c1-9(2)7-11-5-4-6-15-10-12-8-14(3)13-10/h8-9,11H,4-7H2,1-3H3. The highest BCUT2D eigenvalue weighted by molar-refractivity contribution is 4.86. The second-order valence-electron chi connectivity index (χ2n) is 4.00. The fourth-order valence-corrected chi connectivity index (χ4v) is 1.14. The molecule has 0 fully saturated rings. The van der Waals surface area contributed by atoms with E-state index in [1.165, 1.54) is 0 Å². The van der Waals surface area contributed by atoms with E-state index < -0.39 is 0 Å². The minimum atomic E-state index is 0.460. The van der Waals surface area contributed by atoms with Gasteiger partial charge in [0.05, 0.1) is 6.61 Å². The molecule has 0 spiro atoms. The second-order valence-corrected chi connectivity index (χ2v) is 4.00. The molecule has 1 rings (SSSR count). The van der Waals surface area contributed by atoms with Crippen molar-refractivity contribution in [2.24, 2.45) is 13.0 Å². The zero-order valence-corrected chi connectivity index (χ0v) is 9.73. The first kappa shape index (κ1) is 12.0. The first-order valence-electron chi connectivity index (χ1n) is 5.37. The van der Waals surface area contributed by atoms with Crippen molar-refractivity contribution in [1.82, 2.24) is 20.1 Å². The number of nitrogens with zero attached hydrogens (tertiary/aromatic N) is 3. The maximum Gasteiger partial charge on any atom is 0.335 e. The van der Waals surface area contributed by atoms with E-state index in [4.69, 9.17) is 4.74 Å². The van der Waals surface area contributed by atoms with E-state index in [1.807, 2.05) is 7.05 Å². The maximum atomic E-state index is 5.35. The van der Waals surface area contributed by atoms with Crippen LogP contribution in [0.4, 0.5) is 0 Å². The van der Waals surface area contributed by atoms with E-state index >= 15 is 0 Å². The Morgan fingerprint density at radius 2 is 2.33 bits per heavy atom. The Bertz CT molecular complexity index is 272. The summed E-state index contributed by atoms with van der Waals surface area (Å²) in [6.07, 6.45) is 2.61. The quantitative estimate of drug-likeness (QED) is 0.680. The lowest BCUT2D eigenvalue weighted by atomic mass is 10.2. The first-order valence-corrected chi connectivity index (χ1v) is 5.37. The van der Waals surface area contributed by atoms with Gasteiger partial charge in [-0.2, -0.15) is 4.98 Å².